The Balaban J connectivity index is 1.78. The predicted molar refractivity (Wildman–Crippen MR) is 104 cm³/mol. The zero-order valence-corrected chi connectivity index (χ0v) is 14.9. The second-order valence-electron chi connectivity index (χ2n) is 5.50. The molecule has 0 aliphatic carbocycles. The van der Waals surface area contributed by atoms with Gasteiger partial charge in [-0.1, -0.05) is 29.8 Å². The molecule has 0 fully saturated rings. The molecule has 25 heavy (non-hydrogen) atoms. The lowest BCUT2D eigenvalue weighted by molar-refractivity contribution is 0.353. The van der Waals surface area contributed by atoms with Gasteiger partial charge in [-0.25, -0.2) is 0 Å². The maximum Gasteiger partial charge on any atom is 0.174 e. The summed E-state index contributed by atoms with van der Waals surface area (Å²) in [4.78, 5) is 1.93. The van der Waals surface area contributed by atoms with E-state index >= 15 is 0 Å². The molecule has 6 heteroatoms. The van der Waals surface area contributed by atoms with Gasteiger partial charge in [0.2, 0.25) is 0 Å². The first-order chi connectivity index (χ1) is 12.1. The highest BCUT2D eigenvalue weighted by atomic mass is 35.5. The molecule has 0 spiro atoms. The second-order valence-corrected chi connectivity index (χ2v) is 6.32. The van der Waals surface area contributed by atoms with E-state index in [1.165, 1.54) is 0 Å². The average Bonchev–Trinajstić information content (AvgIpc) is 3.11. The van der Waals surface area contributed by atoms with Crippen molar-refractivity contribution in [3.05, 3.63) is 83.3 Å². The Morgan fingerprint density at radius 1 is 1.04 bits per heavy atom. The Labute approximate surface area is 156 Å². The summed E-state index contributed by atoms with van der Waals surface area (Å²) in [5.74, 6) is 1.02. The zero-order valence-electron chi connectivity index (χ0n) is 13.4. The van der Waals surface area contributed by atoms with Crippen LogP contribution in [0.4, 0.5) is 5.69 Å². The minimum absolute atomic E-state index is 0.237. The summed E-state index contributed by atoms with van der Waals surface area (Å²) in [5.41, 5.74) is 1.63. The van der Waals surface area contributed by atoms with Crippen molar-refractivity contribution < 1.29 is 9.52 Å². The molecule has 2 aromatic carbocycles. The van der Waals surface area contributed by atoms with Crippen LogP contribution in [0.15, 0.2) is 71.3 Å². The normalized spacial score (nSPS) is 10.4. The third kappa shape index (κ3) is 4.75. The van der Waals surface area contributed by atoms with E-state index in [0.717, 1.165) is 17.0 Å². The van der Waals surface area contributed by atoms with Gasteiger partial charge in [0.1, 0.15) is 11.5 Å². The highest BCUT2D eigenvalue weighted by molar-refractivity contribution is 7.80. The number of para-hydroxylation sites is 1. The minimum atomic E-state index is 0.237. The van der Waals surface area contributed by atoms with Crippen LogP contribution in [0.5, 0.6) is 5.75 Å². The molecular weight excluding hydrogens is 356 g/mol. The molecule has 2 N–H and O–H groups in total. The van der Waals surface area contributed by atoms with Crippen LogP contribution in [-0.4, -0.2) is 15.1 Å². The van der Waals surface area contributed by atoms with E-state index in [1.807, 2.05) is 41.3 Å². The first kappa shape index (κ1) is 17.3. The number of hydrogen-bond acceptors (Lipinski definition) is 3. The lowest BCUT2D eigenvalue weighted by Crippen LogP contribution is -2.33. The van der Waals surface area contributed by atoms with Crippen LogP contribution in [0.25, 0.3) is 0 Å². The lowest BCUT2D eigenvalue weighted by Gasteiger charge is -2.25. The molecule has 0 aliphatic heterocycles. The number of nitrogens with one attached hydrogen (secondary N) is 1. The summed E-state index contributed by atoms with van der Waals surface area (Å²) in [7, 11) is 0. The van der Waals surface area contributed by atoms with Crippen molar-refractivity contribution in [2.75, 3.05) is 5.32 Å². The average molecular weight is 373 g/mol. The van der Waals surface area contributed by atoms with Crippen molar-refractivity contribution in [2.45, 2.75) is 13.1 Å². The first-order valence-electron chi connectivity index (χ1n) is 7.72. The van der Waals surface area contributed by atoms with E-state index < -0.39 is 0 Å². The van der Waals surface area contributed by atoms with Crippen LogP contribution in [0.3, 0.4) is 0 Å². The molecule has 128 valence electrons. The van der Waals surface area contributed by atoms with Gasteiger partial charge in [-0.05, 0) is 54.7 Å². The Morgan fingerprint density at radius 3 is 2.48 bits per heavy atom. The van der Waals surface area contributed by atoms with Gasteiger partial charge in [-0.2, -0.15) is 0 Å². The molecule has 0 amide bonds. The number of furan rings is 1. The molecule has 1 heterocycles. The van der Waals surface area contributed by atoms with E-state index in [1.54, 1.807) is 30.5 Å². The van der Waals surface area contributed by atoms with Crippen molar-refractivity contribution in [1.29, 1.82) is 0 Å². The molecule has 0 radical (unpaired) electrons. The molecule has 3 aromatic rings. The number of aromatic hydroxyl groups is 1. The summed E-state index contributed by atoms with van der Waals surface area (Å²) in [6.07, 6.45) is 1.63. The quantitative estimate of drug-likeness (QED) is 0.614. The highest BCUT2D eigenvalue weighted by Crippen LogP contribution is 2.21. The van der Waals surface area contributed by atoms with Crippen molar-refractivity contribution in [1.82, 2.24) is 4.90 Å². The van der Waals surface area contributed by atoms with Gasteiger partial charge in [0.15, 0.2) is 5.11 Å². The Bertz CT molecular complexity index is 835. The second kappa shape index (κ2) is 8.05. The number of phenols is 1. The molecule has 0 saturated heterocycles. The SMILES string of the molecule is Oc1ccccc1CN(Cc1ccco1)C(=S)Nc1ccc(Cl)cc1. The van der Waals surface area contributed by atoms with E-state index in [2.05, 4.69) is 5.32 Å². The number of hydrogen-bond donors (Lipinski definition) is 2. The third-order valence-corrected chi connectivity index (χ3v) is 4.27. The number of anilines is 1. The maximum atomic E-state index is 10.1. The van der Waals surface area contributed by atoms with Gasteiger partial charge in [-0.15, -0.1) is 0 Å². The van der Waals surface area contributed by atoms with E-state index in [4.69, 9.17) is 28.2 Å². The van der Waals surface area contributed by atoms with E-state index in [-0.39, 0.29) is 5.75 Å². The molecule has 3 rings (SSSR count). The molecule has 1 aromatic heterocycles. The number of nitrogens with zero attached hydrogens (tertiary/aromatic N) is 1. The first-order valence-corrected chi connectivity index (χ1v) is 8.51. The molecule has 0 unspecified atom stereocenters. The summed E-state index contributed by atoms with van der Waals surface area (Å²) in [6.45, 7) is 0.938. The largest absolute Gasteiger partial charge is 0.508 e. The Morgan fingerprint density at radius 2 is 1.80 bits per heavy atom. The van der Waals surface area contributed by atoms with E-state index in [0.29, 0.717) is 23.2 Å². The number of rotatable bonds is 5. The van der Waals surface area contributed by atoms with Crippen LogP contribution < -0.4 is 5.32 Å². The minimum Gasteiger partial charge on any atom is -0.508 e. The van der Waals surface area contributed by atoms with Crippen molar-refractivity contribution in [3.8, 4) is 5.75 Å². The summed E-state index contributed by atoms with van der Waals surface area (Å²) < 4.78 is 5.44. The van der Waals surface area contributed by atoms with Gasteiger partial charge in [0.25, 0.3) is 0 Å². The van der Waals surface area contributed by atoms with Gasteiger partial charge in [-0.3, -0.25) is 0 Å². The fourth-order valence-electron chi connectivity index (χ4n) is 2.38. The molecule has 0 saturated carbocycles. The summed E-state index contributed by atoms with van der Waals surface area (Å²) in [6, 6.07) is 18.3. The van der Waals surface area contributed by atoms with Crippen LogP contribution >= 0.6 is 23.8 Å². The number of phenolic OH excluding ortho intramolecular Hbond substituents is 1. The number of thiocarbonyl (C=S) groups is 1. The highest BCUT2D eigenvalue weighted by Gasteiger charge is 2.15. The number of halogens is 1. The Hall–Kier alpha value is -2.50. The predicted octanol–water partition coefficient (Wildman–Crippen LogP) is 5.04. The fraction of sp³-hybridized carbons (Fsp3) is 0.105. The smallest absolute Gasteiger partial charge is 0.174 e. The lowest BCUT2D eigenvalue weighted by atomic mass is 10.2. The van der Waals surface area contributed by atoms with Crippen molar-refractivity contribution >= 4 is 34.6 Å². The van der Waals surface area contributed by atoms with Crippen molar-refractivity contribution in [2.24, 2.45) is 0 Å². The van der Waals surface area contributed by atoms with E-state index in [9.17, 15) is 5.11 Å². The van der Waals surface area contributed by atoms with Gasteiger partial charge in [0, 0.05) is 22.8 Å². The van der Waals surface area contributed by atoms with Crippen LogP contribution in [-0.2, 0) is 13.1 Å². The standard InChI is InChI=1S/C19H17ClN2O2S/c20-15-7-9-16(10-8-15)21-19(25)22(13-17-5-3-11-24-17)12-14-4-1-2-6-18(14)23/h1-11,23H,12-13H2,(H,21,25). The van der Waals surface area contributed by atoms with Crippen LogP contribution in [0.2, 0.25) is 5.02 Å². The third-order valence-electron chi connectivity index (χ3n) is 3.66. The number of benzene rings is 2. The van der Waals surface area contributed by atoms with Crippen molar-refractivity contribution in [3.63, 3.8) is 0 Å². The molecule has 0 atom stereocenters. The van der Waals surface area contributed by atoms with Gasteiger partial charge < -0.3 is 19.7 Å². The molecular formula is C19H17ClN2O2S. The van der Waals surface area contributed by atoms with Crippen LogP contribution in [0, 0.1) is 0 Å². The Kier molecular flexibility index (Phi) is 5.58. The summed E-state index contributed by atoms with van der Waals surface area (Å²) in [5, 5.41) is 14.5. The monoisotopic (exact) mass is 372 g/mol. The summed E-state index contributed by atoms with van der Waals surface area (Å²) >= 11 is 11.5. The molecule has 0 bridgehead atoms. The molecule has 0 aliphatic rings. The van der Waals surface area contributed by atoms with Crippen LogP contribution in [0.1, 0.15) is 11.3 Å². The topological polar surface area (TPSA) is 48.6 Å². The molecule has 4 nitrogen and oxygen atoms in total. The zero-order chi connectivity index (χ0) is 17.6. The maximum absolute atomic E-state index is 10.1. The fourth-order valence-corrected chi connectivity index (χ4v) is 2.75. The van der Waals surface area contributed by atoms with Gasteiger partial charge in [0.05, 0.1) is 12.8 Å². The van der Waals surface area contributed by atoms with Gasteiger partial charge >= 0.3 is 0 Å².